The second kappa shape index (κ2) is 5.57. The number of thiophene rings is 1. The van der Waals surface area contributed by atoms with Gasteiger partial charge in [0, 0.05) is 21.9 Å². The number of aliphatic carboxylic acids is 1. The van der Waals surface area contributed by atoms with E-state index in [1.54, 1.807) is 11.4 Å². The average Bonchev–Trinajstić information content (AvgIpc) is 2.95. The molecule has 1 aromatic heterocycles. The lowest BCUT2D eigenvalue weighted by atomic mass is 10.0. The Morgan fingerprint density at radius 1 is 1.42 bits per heavy atom. The van der Waals surface area contributed by atoms with Crippen LogP contribution in [0.5, 0.6) is 0 Å². The zero-order chi connectivity index (χ0) is 13.9. The van der Waals surface area contributed by atoms with Gasteiger partial charge in [-0.2, -0.15) is 0 Å². The van der Waals surface area contributed by atoms with E-state index >= 15 is 0 Å². The van der Waals surface area contributed by atoms with Crippen LogP contribution in [0.3, 0.4) is 0 Å². The average molecular weight is 279 g/mol. The van der Waals surface area contributed by atoms with Crippen molar-refractivity contribution in [3.05, 3.63) is 28.0 Å². The molecule has 19 heavy (non-hydrogen) atoms. The number of amides is 1. The van der Waals surface area contributed by atoms with Crippen molar-refractivity contribution in [2.75, 3.05) is 0 Å². The smallest absolute Gasteiger partial charge is 0.328 e. The van der Waals surface area contributed by atoms with Gasteiger partial charge in [-0.3, -0.25) is 4.79 Å². The zero-order valence-electron chi connectivity index (χ0n) is 10.8. The summed E-state index contributed by atoms with van der Waals surface area (Å²) in [5.41, 5.74) is 0.513. The number of hydrogen-bond acceptors (Lipinski definition) is 3. The third-order valence-electron chi connectivity index (χ3n) is 3.39. The summed E-state index contributed by atoms with van der Waals surface area (Å²) in [5, 5.41) is 13.4. The highest BCUT2D eigenvalue weighted by molar-refractivity contribution is 7.11. The Kier molecular flexibility index (Phi) is 4.04. The highest BCUT2D eigenvalue weighted by Crippen LogP contribution is 2.29. The molecule has 0 aromatic carbocycles. The van der Waals surface area contributed by atoms with Crippen molar-refractivity contribution < 1.29 is 14.7 Å². The van der Waals surface area contributed by atoms with E-state index in [1.165, 1.54) is 17.4 Å². The molecular formula is C14H17NO3S. The second-order valence-corrected chi connectivity index (χ2v) is 6.07. The summed E-state index contributed by atoms with van der Waals surface area (Å²) in [7, 11) is 0. The normalized spacial score (nSPS) is 17.7. The van der Waals surface area contributed by atoms with Gasteiger partial charge < -0.3 is 10.4 Å². The molecule has 1 fully saturated rings. The van der Waals surface area contributed by atoms with Crippen molar-refractivity contribution >= 4 is 29.3 Å². The summed E-state index contributed by atoms with van der Waals surface area (Å²) < 4.78 is 0. The van der Waals surface area contributed by atoms with E-state index in [1.807, 2.05) is 0 Å². The lowest BCUT2D eigenvalue weighted by Gasteiger charge is -2.24. The van der Waals surface area contributed by atoms with Crippen molar-refractivity contribution in [1.82, 2.24) is 5.32 Å². The molecule has 2 N–H and O–H groups in total. The number of nitrogens with one attached hydrogen (secondary N) is 1. The molecule has 2 rings (SSSR count). The largest absolute Gasteiger partial charge is 0.478 e. The molecule has 1 amide bonds. The first-order valence-electron chi connectivity index (χ1n) is 6.31. The van der Waals surface area contributed by atoms with Crippen molar-refractivity contribution in [3.63, 3.8) is 0 Å². The van der Waals surface area contributed by atoms with Crippen molar-refractivity contribution in [2.45, 2.75) is 38.1 Å². The predicted molar refractivity (Wildman–Crippen MR) is 75.3 cm³/mol. The molecule has 1 heterocycles. The highest BCUT2D eigenvalue weighted by Gasteiger charge is 2.30. The van der Waals surface area contributed by atoms with E-state index in [9.17, 15) is 9.59 Å². The first kappa shape index (κ1) is 13.8. The van der Waals surface area contributed by atoms with Crippen LogP contribution in [0.2, 0.25) is 0 Å². The lowest BCUT2D eigenvalue weighted by Crippen LogP contribution is -2.43. The molecule has 102 valence electrons. The van der Waals surface area contributed by atoms with E-state index in [4.69, 9.17) is 5.11 Å². The Hall–Kier alpha value is -1.62. The Bertz CT molecular complexity index is 513. The minimum atomic E-state index is -0.988. The van der Waals surface area contributed by atoms with Crippen molar-refractivity contribution in [3.8, 4) is 0 Å². The Balaban J connectivity index is 2.02. The van der Waals surface area contributed by atoms with E-state index in [0.29, 0.717) is 5.56 Å². The van der Waals surface area contributed by atoms with E-state index in [-0.39, 0.29) is 11.4 Å². The van der Waals surface area contributed by atoms with Gasteiger partial charge in [-0.15, -0.1) is 11.3 Å². The molecule has 0 bridgehead atoms. The van der Waals surface area contributed by atoms with Gasteiger partial charge in [0.05, 0.1) is 5.56 Å². The topological polar surface area (TPSA) is 66.4 Å². The van der Waals surface area contributed by atoms with Crippen LogP contribution in [0, 0.1) is 0 Å². The summed E-state index contributed by atoms with van der Waals surface area (Å²) in [6, 6.07) is 1.72. The zero-order valence-corrected chi connectivity index (χ0v) is 11.6. The third-order valence-corrected chi connectivity index (χ3v) is 4.29. The minimum Gasteiger partial charge on any atom is -0.478 e. The molecule has 1 aliphatic carbocycles. The number of carboxylic acids is 1. The third kappa shape index (κ3) is 3.67. The maximum Gasteiger partial charge on any atom is 0.328 e. The molecule has 1 saturated carbocycles. The van der Waals surface area contributed by atoms with Crippen LogP contribution in [0.25, 0.3) is 6.08 Å². The number of hydrogen-bond donors (Lipinski definition) is 2. The highest BCUT2D eigenvalue weighted by atomic mass is 32.1. The summed E-state index contributed by atoms with van der Waals surface area (Å²) in [4.78, 5) is 23.3. The predicted octanol–water partition coefficient (Wildman–Crippen LogP) is 2.91. The summed E-state index contributed by atoms with van der Waals surface area (Å²) in [6.07, 6.45) is 6.94. The van der Waals surface area contributed by atoms with E-state index in [2.05, 4.69) is 12.2 Å². The molecule has 0 saturated heterocycles. The molecule has 0 unspecified atom stereocenters. The van der Waals surface area contributed by atoms with E-state index in [0.717, 1.165) is 36.6 Å². The van der Waals surface area contributed by atoms with Crippen molar-refractivity contribution in [1.29, 1.82) is 0 Å². The molecular weight excluding hydrogens is 262 g/mol. The second-order valence-electron chi connectivity index (χ2n) is 5.13. The minimum absolute atomic E-state index is 0.0735. The maximum absolute atomic E-state index is 12.1. The van der Waals surface area contributed by atoms with Gasteiger partial charge in [-0.05, 0) is 31.9 Å². The van der Waals surface area contributed by atoms with Crippen LogP contribution in [0.1, 0.15) is 47.8 Å². The Morgan fingerprint density at radius 3 is 2.74 bits per heavy atom. The van der Waals surface area contributed by atoms with Crippen LogP contribution in [0.15, 0.2) is 17.5 Å². The monoisotopic (exact) mass is 279 g/mol. The van der Waals surface area contributed by atoms with Gasteiger partial charge in [0.1, 0.15) is 0 Å². The molecule has 0 radical (unpaired) electrons. The molecule has 1 aliphatic rings. The first-order valence-corrected chi connectivity index (χ1v) is 7.19. The molecule has 4 nitrogen and oxygen atoms in total. The molecule has 0 spiro atoms. The number of carboxylic acid groups (broad SMARTS) is 1. The molecule has 0 atom stereocenters. The molecule has 5 heteroatoms. The number of carbonyl (C=O) groups is 2. The van der Waals surface area contributed by atoms with Gasteiger partial charge >= 0.3 is 5.97 Å². The summed E-state index contributed by atoms with van der Waals surface area (Å²) >= 11 is 1.37. The van der Waals surface area contributed by atoms with E-state index < -0.39 is 5.97 Å². The van der Waals surface area contributed by atoms with Crippen LogP contribution in [-0.2, 0) is 4.79 Å². The quantitative estimate of drug-likeness (QED) is 0.833. The SMILES string of the molecule is CC1(NC(=O)c2csc(C=CC(=O)O)c2)CCCC1. The van der Waals surface area contributed by atoms with Gasteiger partial charge in [0.15, 0.2) is 0 Å². The van der Waals surface area contributed by atoms with Crippen LogP contribution in [-0.4, -0.2) is 22.5 Å². The van der Waals surface area contributed by atoms with Gasteiger partial charge in [-0.1, -0.05) is 12.8 Å². The maximum atomic E-state index is 12.1. The van der Waals surface area contributed by atoms with Crippen LogP contribution < -0.4 is 5.32 Å². The summed E-state index contributed by atoms with van der Waals surface area (Å²) in [6.45, 7) is 2.08. The molecule has 0 aliphatic heterocycles. The fraction of sp³-hybridized carbons (Fsp3) is 0.429. The standard InChI is InChI=1S/C14H17NO3S/c1-14(6-2-3-7-14)15-13(18)10-8-11(19-9-10)4-5-12(16)17/h4-5,8-9H,2-3,6-7H2,1H3,(H,15,18)(H,16,17). The first-order chi connectivity index (χ1) is 8.98. The Morgan fingerprint density at radius 2 is 2.11 bits per heavy atom. The van der Waals surface area contributed by atoms with Crippen LogP contribution in [0.4, 0.5) is 0 Å². The number of rotatable bonds is 4. The van der Waals surface area contributed by atoms with Gasteiger partial charge in [-0.25, -0.2) is 4.79 Å². The Labute approximate surface area is 116 Å². The van der Waals surface area contributed by atoms with Crippen LogP contribution >= 0.6 is 11.3 Å². The van der Waals surface area contributed by atoms with Gasteiger partial charge in [0.25, 0.3) is 5.91 Å². The van der Waals surface area contributed by atoms with Crippen molar-refractivity contribution in [2.24, 2.45) is 0 Å². The van der Waals surface area contributed by atoms with Gasteiger partial charge in [0.2, 0.25) is 0 Å². The fourth-order valence-corrected chi connectivity index (χ4v) is 3.12. The summed E-state index contributed by atoms with van der Waals surface area (Å²) in [5.74, 6) is -1.06. The lowest BCUT2D eigenvalue weighted by molar-refractivity contribution is -0.131. The molecule has 1 aromatic rings. The number of carbonyl (C=O) groups excluding carboxylic acids is 1. The fourth-order valence-electron chi connectivity index (χ4n) is 2.34.